The number of carbonyl (C=O) groups excluding carboxylic acids is 2. The average molecular weight is 302 g/mol. The molecule has 8 heteroatoms. The van der Waals surface area contributed by atoms with Gasteiger partial charge in [0.1, 0.15) is 6.04 Å². The highest BCUT2D eigenvalue weighted by molar-refractivity contribution is 5.83. The van der Waals surface area contributed by atoms with Gasteiger partial charge in [0, 0.05) is 20.2 Å². The van der Waals surface area contributed by atoms with Crippen LogP contribution in [0, 0.1) is 0 Å². The summed E-state index contributed by atoms with van der Waals surface area (Å²) in [5.41, 5.74) is 0. The first kappa shape index (κ1) is 18.9. The fourth-order valence-electron chi connectivity index (χ4n) is 1.47. The Hall–Kier alpha value is -2.09. The summed E-state index contributed by atoms with van der Waals surface area (Å²) < 4.78 is 9.39. The van der Waals surface area contributed by atoms with Gasteiger partial charge in [0.25, 0.3) is 0 Å². The molecule has 0 aromatic rings. The number of urea groups is 1. The van der Waals surface area contributed by atoms with Gasteiger partial charge in [-0.25, -0.2) is 9.59 Å². The van der Waals surface area contributed by atoms with Crippen LogP contribution in [0.4, 0.5) is 4.79 Å². The molecule has 0 aliphatic heterocycles. The van der Waals surface area contributed by atoms with Crippen LogP contribution in [0.5, 0.6) is 0 Å². The minimum absolute atomic E-state index is 0.0207. The molecular weight excluding hydrogens is 280 g/mol. The topological polar surface area (TPSA) is 105 Å². The van der Waals surface area contributed by atoms with E-state index in [9.17, 15) is 14.4 Å². The van der Waals surface area contributed by atoms with Gasteiger partial charge in [-0.05, 0) is 6.42 Å². The molecule has 2 amide bonds. The quantitative estimate of drug-likeness (QED) is 0.442. The third kappa shape index (κ3) is 7.93. The summed E-state index contributed by atoms with van der Waals surface area (Å²) in [6.07, 6.45) is 1.54. The van der Waals surface area contributed by atoms with Gasteiger partial charge in [0.05, 0.1) is 20.1 Å². The molecule has 0 heterocycles. The van der Waals surface area contributed by atoms with Crippen LogP contribution in [-0.2, 0) is 19.1 Å². The molecule has 0 bridgehead atoms. The summed E-state index contributed by atoms with van der Waals surface area (Å²) in [5.74, 6) is -1.60. The number of carboxylic acid groups (broad SMARTS) is 1. The third-order valence-corrected chi connectivity index (χ3v) is 2.66. The predicted molar refractivity (Wildman–Crippen MR) is 74.9 cm³/mol. The Morgan fingerprint density at radius 1 is 1.33 bits per heavy atom. The number of hydrogen-bond donors (Lipinski definition) is 2. The number of methoxy groups -OCH3 is 2. The summed E-state index contributed by atoms with van der Waals surface area (Å²) in [6, 6.07) is -1.64. The van der Waals surface area contributed by atoms with E-state index in [0.29, 0.717) is 0 Å². The maximum atomic E-state index is 12.0. The fraction of sp³-hybridized carbons (Fsp3) is 0.615. The number of nitrogens with one attached hydrogen (secondary N) is 1. The van der Waals surface area contributed by atoms with Gasteiger partial charge >= 0.3 is 18.0 Å². The zero-order valence-electron chi connectivity index (χ0n) is 12.3. The molecule has 0 radical (unpaired) electrons. The highest BCUT2D eigenvalue weighted by Gasteiger charge is 2.22. The van der Waals surface area contributed by atoms with Gasteiger partial charge in [0.2, 0.25) is 0 Å². The minimum Gasteiger partial charge on any atom is -0.480 e. The molecule has 0 aromatic heterocycles. The Bertz CT molecular complexity index is 372. The number of ether oxygens (including phenoxy) is 2. The SMILES string of the molecule is C=CCC(NC(=O)N(CCOC)CCC(=O)OC)C(=O)O. The van der Waals surface area contributed by atoms with Crippen molar-refractivity contribution in [2.45, 2.75) is 18.9 Å². The zero-order chi connectivity index (χ0) is 16.3. The molecule has 0 aliphatic rings. The number of carboxylic acids is 1. The van der Waals surface area contributed by atoms with E-state index in [1.165, 1.54) is 25.2 Å². The molecule has 0 saturated heterocycles. The molecule has 0 fully saturated rings. The smallest absolute Gasteiger partial charge is 0.326 e. The Morgan fingerprint density at radius 3 is 2.48 bits per heavy atom. The summed E-state index contributed by atoms with van der Waals surface area (Å²) in [4.78, 5) is 35.5. The van der Waals surface area contributed by atoms with Crippen molar-refractivity contribution in [3.63, 3.8) is 0 Å². The summed E-state index contributed by atoms with van der Waals surface area (Å²) in [5, 5.41) is 11.4. The van der Waals surface area contributed by atoms with Crippen molar-refractivity contribution >= 4 is 18.0 Å². The normalized spacial score (nSPS) is 11.3. The lowest BCUT2D eigenvalue weighted by Crippen LogP contribution is -2.49. The first-order valence-electron chi connectivity index (χ1n) is 6.41. The Kier molecular flexibility index (Phi) is 9.61. The molecule has 1 unspecified atom stereocenters. The lowest BCUT2D eigenvalue weighted by atomic mass is 10.2. The van der Waals surface area contributed by atoms with E-state index in [0.717, 1.165) is 0 Å². The van der Waals surface area contributed by atoms with Crippen molar-refractivity contribution in [3.8, 4) is 0 Å². The molecule has 2 N–H and O–H groups in total. The number of carbonyl (C=O) groups is 3. The molecule has 120 valence electrons. The number of hydrogen-bond acceptors (Lipinski definition) is 5. The van der Waals surface area contributed by atoms with Crippen LogP contribution < -0.4 is 5.32 Å². The number of rotatable bonds is 10. The average Bonchev–Trinajstić information content (AvgIpc) is 2.46. The van der Waals surface area contributed by atoms with Crippen molar-refractivity contribution in [2.24, 2.45) is 0 Å². The van der Waals surface area contributed by atoms with E-state index in [1.54, 1.807) is 0 Å². The second-order valence-electron chi connectivity index (χ2n) is 4.17. The highest BCUT2D eigenvalue weighted by atomic mass is 16.5. The van der Waals surface area contributed by atoms with Crippen LogP contribution in [0.15, 0.2) is 12.7 Å². The molecule has 0 rings (SSSR count). The molecule has 0 saturated carbocycles. The van der Waals surface area contributed by atoms with Gasteiger partial charge < -0.3 is 24.8 Å². The van der Waals surface area contributed by atoms with Gasteiger partial charge in [0.15, 0.2) is 0 Å². The van der Waals surface area contributed by atoms with E-state index >= 15 is 0 Å². The molecular formula is C13H22N2O6. The van der Waals surface area contributed by atoms with Crippen LogP contribution in [0.1, 0.15) is 12.8 Å². The monoisotopic (exact) mass is 302 g/mol. The first-order chi connectivity index (χ1) is 9.96. The number of aliphatic carboxylic acids is 1. The lowest BCUT2D eigenvalue weighted by molar-refractivity contribution is -0.141. The van der Waals surface area contributed by atoms with Gasteiger partial charge in [-0.1, -0.05) is 6.08 Å². The maximum absolute atomic E-state index is 12.0. The van der Waals surface area contributed by atoms with Crippen LogP contribution in [-0.4, -0.2) is 67.9 Å². The molecule has 0 spiro atoms. The highest BCUT2D eigenvalue weighted by Crippen LogP contribution is 1.99. The van der Waals surface area contributed by atoms with Crippen LogP contribution in [0.25, 0.3) is 0 Å². The van der Waals surface area contributed by atoms with Crippen molar-refractivity contribution in [1.29, 1.82) is 0 Å². The number of amides is 2. The summed E-state index contributed by atoms with van der Waals surface area (Å²) >= 11 is 0. The Labute approximate surface area is 123 Å². The van der Waals surface area contributed by atoms with Crippen molar-refractivity contribution in [1.82, 2.24) is 10.2 Å². The van der Waals surface area contributed by atoms with Crippen LogP contribution in [0.3, 0.4) is 0 Å². The van der Waals surface area contributed by atoms with Gasteiger partial charge in [-0.15, -0.1) is 6.58 Å². The van der Waals surface area contributed by atoms with Crippen LogP contribution >= 0.6 is 0 Å². The summed E-state index contributed by atoms with van der Waals surface area (Å²) in [7, 11) is 2.74. The maximum Gasteiger partial charge on any atom is 0.326 e. The van der Waals surface area contributed by atoms with E-state index < -0.39 is 24.0 Å². The Balaban J connectivity index is 4.63. The second-order valence-corrected chi connectivity index (χ2v) is 4.17. The fourth-order valence-corrected chi connectivity index (χ4v) is 1.47. The molecule has 0 aromatic carbocycles. The first-order valence-corrected chi connectivity index (χ1v) is 6.41. The van der Waals surface area contributed by atoms with E-state index in [2.05, 4.69) is 16.6 Å². The Morgan fingerprint density at radius 2 is 2.00 bits per heavy atom. The summed E-state index contributed by atoms with van der Waals surface area (Å²) in [6.45, 7) is 4.07. The standard InChI is InChI=1S/C13H22N2O6/c1-4-5-10(12(17)18)14-13(19)15(8-9-20-2)7-6-11(16)21-3/h4,10H,1,5-9H2,2-3H3,(H,14,19)(H,17,18). The minimum atomic E-state index is -1.15. The molecule has 21 heavy (non-hydrogen) atoms. The number of nitrogens with zero attached hydrogens (tertiary/aromatic N) is 1. The van der Waals surface area contributed by atoms with E-state index in [1.807, 2.05) is 0 Å². The molecule has 8 nitrogen and oxygen atoms in total. The van der Waals surface area contributed by atoms with E-state index in [4.69, 9.17) is 9.84 Å². The van der Waals surface area contributed by atoms with Gasteiger partial charge in [-0.3, -0.25) is 4.79 Å². The third-order valence-electron chi connectivity index (χ3n) is 2.66. The number of esters is 1. The van der Waals surface area contributed by atoms with E-state index in [-0.39, 0.29) is 32.5 Å². The molecule has 1 atom stereocenters. The lowest BCUT2D eigenvalue weighted by Gasteiger charge is -2.24. The largest absolute Gasteiger partial charge is 0.480 e. The zero-order valence-corrected chi connectivity index (χ0v) is 12.3. The van der Waals surface area contributed by atoms with Gasteiger partial charge in [-0.2, -0.15) is 0 Å². The predicted octanol–water partition coefficient (Wildman–Crippen LogP) is 0.237. The van der Waals surface area contributed by atoms with Crippen molar-refractivity contribution < 1.29 is 29.0 Å². The van der Waals surface area contributed by atoms with Crippen molar-refractivity contribution in [3.05, 3.63) is 12.7 Å². The van der Waals surface area contributed by atoms with Crippen molar-refractivity contribution in [2.75, 3.05) is 33.9 Å². The second kappa shape index (κ2) is 10.7. The molecule has 0 aliphatic carbocycles. The van der Waals surface area contributed by atoms with Crippen LogP contribution in [0.2, 0.25) is 0 Å².